The second-order valence-corrected chi connectivity index (χ2v) is 26.6. The summed E-state index contributed by atoms with van der Waals surface area (Å²) >= 11 is -2.75. The SMILES string of the molecule is CCCCC(C)([CH2][Sn]([CH2]CCC)([CH2]CCC)[CH2]CCC)C(=O)OP(=O)(Oc1ccccc1)Oc1ccccc1. The average Bonchev–Trinajstić information content (AvgIpc) is 2.93. The molecule has 2 aromatic carbocycles. The van der Waals surface area contributed by atoms with Gasteiger partial charge in [-0.05, 0) is 0 Å². The van der Waals surface area contributed by atoms with Gasteiger partial charge >= 0.3 is 243 Å². The molecule has 7 heteroatoms. The van der Waals surface area contributed by atoms with Gasteiger partial charge in [0, 0.05) is 0 Å². The normalized spacial score (nSPS) is 13.5. The van der Waals surface area contributed by atoms with Gasteiger partial charge in [-0.15, -0.1) is 0 Å². The molecule has 0 aliphatic heterocycles. The van der Waals surface area contributed by atoms with Crippen molar-refractivity contribution in [2.45, 2.75) is 110 Å². The van der Waals surface area contributed by atoms with E-state index < -0.39 is 37.6 Å². The van der Waals surface area contributed by atoms with Crippen LogP contribution in [-0.4, -0.2) is 24.3 Å². The molecule has 0 aliphatic rings. The summed E-state index contributed by atoms with van der Waals surface area (Å²) in [7, 11) is -4.30. The third-order valence-corrected chi connectivity index (χ3v) is 25.4. The Kier molecular flexibility index (Phi) is 15.0. The Labute approximate surface area is 241 Å². The Morgan fingerprint density at radius 1 is 0.718 bits per heavy atom. The summed E-state index contributed by atoms with van der Waals surface area (Å²) in [4.78, 5) is 14.1. The Morgan fingerprint density at radius 3 is 1.51 bits per heavy atom. The van der Waals surface area contributed by atoms with Crippen molar-refractivity contribution in [2.75, 3.05) is 0 Å². The number of unbranched alkanes of at least 4 members (excludes halogenated alkanes) is 4. The number of hydrogen-bond acceptors (Lipinski definition) is 5. The predicted octanol–water partition coefficient (Wildman–Crippen LogP) is 10.8. The van der Waals surface area contributed by atoms with Gasteiger partial charge in [-0.3, -0.25) is 0 Å². The molecule has 1 unspecified atom stereocenters. The van der Waals surface area contributed by atoms with Crippen molar-refractivity contribution in [2.24, 2.45) is 5.41 Å². The summed E-state index contributed by atoms with van der Waals surface area (Å²) in [6, 6.07) is 17.6. The van der Waals surface area contributed by atoms with E-state index in [1.807, 2.05) is 12.1 Å². The Bertz CT molecular complexity index is 933. The molecule has 0 aliphatic carbocycles. The van der Waals surface area contributed by atoms with Crippen LogP contribution in [0.25, 0.3) is 0 Å². The molecule has 5 nitrogen and oxygen atoms in total. The van der Waals surface area contributed by atoms with Crippen LogP contribution >= 0.6 is 7.82 Å². The number of para-hydroxylation sites is 2. The Morgan fingerprint density at radius 2 is 1.13 bits per heavy atom. The van der Waals surface area contributed by atoms with E-state index in [0.29, 0.717) is 11.5 Å². The first-order valence-corrected chi connectivity index (χ1v) is 24.6. The van der Waals surface area contributed by atoms with Crippen molar-refractivity contribution in [3.05, 3.63) is 60.7 Å². The van der Waals surface area contributed by atoms with Gasteiger partial charge in [0.2, 0.25) is 0 Å². The molecule has 0 heterocycles. The van der Waals surface area contributed by atoms with E-state index in [0.717, 1.165) is 23.7 Å². The maximum atomic E-state index is 14.1. The molecule has 218 valence electrons. The van der Waals surface area contributed by atoms with Crippen molar-refractivity contribution in [1.82, 2.24) is 0 Å². The van der Waals surface area contributed by atoms with Gasteiger partial charge in [0.05, 0.1) is 0 Å². The molecule has 2 rings (SSSR count). The van der Waals surface area contributed by atoms with Crippen LogP contribution in [0.3, 0.4) is 0 Å². The van der Waals surface area contributed by atoms with E-state index in [-0.39, 0.29) is 0 Å². The van der Waals surface area contributed by atoms with Crippen LogP contribution in [0.2, 0.25) is 17.7 Å². The molecule has 0 fully saturated rings. The first-order valence-electron chi connectivity index (χ1n) is 15.1. The van der Waals surface area contributed by atoms with E-state index >= 15 is 0 Å². The Hall–Kier alpha value is -1.46. The zero-order valence-electron chi connectivity index (χ0n) is 25.0. The topological polar surface area (TPSA) is 61.8 Å². The monoisotopic (exact) mass is 666 g/mol. The number of phosphoric acid groups is 1. The molecular formula is C32H51O5PSn. The van der Waals surface area contributed by atoms with E-state index in [9.17, 15) is 9.36 Å². The maximum absolute atomic E-state index is 14.1. The summed E-state index contributed by atoms with van der Waals surface area (Å²) in [6.07, 6.45) is 9.87. The van der Waals surface area contributed by atoms with Crippen LogP contribution in [0.5, 0.6) is 11.5 Å². The van der Waals surface area contributed by atoms with Gasteiger partial charge in [-0.2, -0.15) is 0 Å². The average molecular weight is 665 g/mol. The van der Waals surface area contributed by atoms with Crippen molar-refractivity contribution in [3.63, 3.8) is 0 Å². The number of rotatable bonds is 20. The van der Waals surface area contributed by atoms with Crippen molar-refractivity contribution in [3.8, 4) is 11.5 Å². The molecule has 0 saturated carbocycles. The van der Waals surface area contributed by atoms with Gasteiger partial charge in [0.1, 0.15) is 0 Å². The molecule has 39 heavy (non-hydrogen) atoms. The van der Waals surface area contributed by atoms with Gasteiger partial charge in [-0.1, -0.05) is 0 Å². The molecule has 0 radical (unpaired) electrons. The van der Waals surface area contributed by atoms with Crippen LogP contribution in [0.15, 0.2) is 60.7 Å². The summed E-state index contributed by atoms with van der Waals surface area (Å²) < 4.78 is 36.4. The van der Waals surface area contributed by atoms with Crippen molar-refractivity contribution < 1.29 is 22.9 Å². The van der Waals surface area contributed by atoms with Gasteiger partial charge in [0.25, 0.3) is 0 Å². The standard InChI is InChI=1S/C20H24O5P.3C4H9.Sn/c1-4-5-16-20(2,3)19(21)25-26(22,23-17-12-8-6-9-13-17)24-18-14-10-7-11-15-18;3*1-3-4-2;/h6-15H,2,4-5,16H2,1,3H3;3*1,3-4H2,2H3;. The second kappa shape index (κ2) is 17.4. The Balaban J connectivity index is 2.43. The molecular weight excluding hydrogens is 614 g/mol. The summed E-state index contributed by atoms with van der Waals surface area (Å²) in [5, 5.41) is 0. The minimum absolute atomic E-state index is 0.335. The molecule has 0 bridgehead atoms. The molecule has 2 aromatic rings. The zero-order valence-corrected chi connectivity index (χ0v) is 28.7. The van der Waals surface area contributed by atoms with Crippen LogP contribution in [0.4, 0.5) is 0 Å². The van der Waals surface area contributed by atoms with E-state index in [1.54, 1.807) is 48.5 Å². The number of benzene rings is 2. The molecule has 0 N–H and O–H groups in total. The molecule has 0 aromatic heterocycles. The van der Waals surface area contributed by atoms with Gasteiger partial charge in [0.15, 0.2) is 0 Å². The molecule has 0 spiro atoms. The number of carbonyl (C=O) groups excluding carboxylic acids is 1. The second-order valence-electron chi connectivity index (χ2n) is 11.3. The number of hydrogen-bond donors (Lipinski definition) is 0. The quantitative estimate of drug-likeness (QED) is 0.104. The zero-order chi connectivity index (χ0) is 28.6. The van der Waals surface area contributed by atoms with E-state index in [4.69, 9.17) is 13.6 Å². The van der Waals surface area contributed by atoms with Crippen LogP contribution in [0, 0.1) is 5.41 Å². The molecule has 0 saturated heterocycles. The van der Waals surface area contributed by atoms with Gasteiger partial charge in [-0.25, -0.2) is 0 Å². The third kappa shape index (κ3) is 11.5. The summed E-state index contributed by atoms with van der Waals surface area (Å²) in [6.45, 7) is 11.0. The van der Waals surface area contributed by atoms with Crippen LogP contribution in [0.1, 0.15) is 92.4 Å². The van der Waals surface area contributed by atoms with E-state index in [1.165, 1.54) is 51.8 Å². The summed E-state index contributed by atoms with van der Waals surface area (Å²) in [5.74, 6) is 0.223. The molecule has 1 atom stereocenters. The number of phosphoric ester groups is 1. The first kappa shape index (κ1) is 33.7. The summed E-state index contributed by atoms with van der Waals surface area (Å²) in [5.41, 5.74) is -0.711. The third-order valence-electron chi connectivity index (χ3n) is 7.64. The fourth-order valence-electron chi connectivity index (χ4n) is 5.44. The first-order chi connectivity index (χ1) is 18.7. The van der Waals surface area contributed by atoms with Crippen molar-refractivity contribution in [1.29, 1.82) is 0 Å². The van der Waals surface area contributed by atoms with Crippen LogP contribution in [-0.2, 0) is 13.9 Å². The van der Waals surface area contributed by atoms with E-state index in [2.05, 4.69) is 34.6 Å². The predicted molar refractivity (Wildman–Crippen MR) is 165 cm³/mol. The minimum atomic E-state index is -4.30. The number of carbonyl (C=O) groups is 1. The molecule has 0 amide bonds. The van der Waals surface area contributed by atoms with Crippen molar-refractivity contribution >= 4 is 32.2 Å². The van der Waals surface area contributed by atoms with Crippen LogP contribution < -0.4 is 9.05 Å². The fraction of sp³-hybridized carbons (Fsp3) is 0.594. The van der Waals surface area contributed by atoms with Gasteiger partial charge < -0.3 is 0 Å². The fourth-order valence-corrected chi connectivity index (χ4v) is 25.5.